The molecule has 0 unspecified atom stereocenters. The highest BCUT2D eigenvalue weighted by atomic mass is 32.2. The van der Waals surface area contributed by atoms with Crippen LogP contribution in [0, 0.1) is 0 Å². The fraction of sp³-hybridized carbons (Fsp3) is 0.231. The van der Waals surface area contributed by atoms with Crippen molar-refractivity contribution in [3.05, 3.63) is 41.9 Å². The lowest BCUT2D eigenvalue weighted by atomic mass is 10.3. The van der Waals surface area contributed by atoms with Crippen molar-refractivity contribution in [3.63, 3.8) is 0 Å². The summed E-state index contributed by atoms with van der Waals surface area (Å²) >= 11 is 1.52. The van der Waals surface area contributed by atoms with Gasteiger partial charge in [0.1, 0.15) is 17.1 Å². The number of phenolic OH excluding ortho intramolecular Hbond substituents is 1. The van der Waals surface area contributed by atoms with Crippen LogP contribution in [0.15, 0.2) is 40.5 Å². The second kappa shape index (κ2) is 4.37. The van der Waals surface area contributed by atoms with Crippen molar-refractivity contribution < 1.29 is 5.11 Å². The van der Waals surface area contributed by atoms with Crippen molar-refractivity contribution in [1.82, 2.24) is 9.97 Å². The Bertz CT molecular complexity index is 557. The van der Waals surface area contributed by atoms with Crippen LogP contribution in [-0.4, -0.2) is 15.1 Å². The van der Waals surface area contributed by atoms with Crippen LogP contribution in [0.2, 0.25) is 0 Å². The van der Waals surface area contributed by atoms with E-state index in [9.17, 15) is 5.11 Å². The van der Waals surface area contributed by atoms with E-state index in [0.29, 0.717) is 5.75 Å². The molecular formula is C13H12N2OS. The summed E-state index contributed by atoms with van der Waals surface area (Å²) in [6, 6.07) is 7.35. The maximum absolute atomic E-state index is 9.76. The molecule has 0 radical (unpaired) electrons. The lowest BCUT2D eigenvalue weighted by molar-refractivity contribution is 0.462. The molecule has 0 saturated carbocycles. The summed E-state index contributed by atoms with van der Waals surface area (Å²) in [5.74, 6) is 0.308. The first-order valence-corrected chi connectivity index (χ1v) is 6.45. The van der Waals surface area contributed by atoms with Gasteiger partial charge in [0.05, 0.1) is 4.90 Å². The number of rotatable bonds is 2. The van der Waals surface area contributed by atoms with E-state index in [0.717, 1.165) is 34.9 Å². The Morgan fingerprint density at radius 3 is 2.88 bits per heavy atom. The van der Waals surface area contributed by atoms with E-state index in [2.05, 4.69) is 9.97 Å². The van der Waals surface area contributed by atoms with Gasteiger partial charge in [0.15, 0.2) is 0 Å². The van der Waals surface area contributed by atoms with Crippen molar-refractivity contribution in [1.29, 1.82) is 0 Å². The topological polar surface area (TPSA) is 46.0 Å². The number of hydrogen-bond acceptors (Lipinski definition) is 4. The normalized spacial score (nSPS) is 13.6. The Labute approximate surface area is 104 Å². The third-order valence-corrected chi connectivity index (χ3v) is 4.02. The fourth-order valence-electron chi connectivity index (χ4n) is 2.07. The molecule has 86 valence electrons. The maximum atomic E-state index is 9.76. The van der Waals surface area contributed by atoms with Crippen LogP contribution >= 0.6 is 11.8 Å². The van der Waals surface area contributed by atoms with Gasteiger partial charge >= 0.3 is 0 Å². The molecule has 4 heteroatoms. The minimum Gasteiger partial charge on any atom is -0.507 e. The van der Waals surface area contributed by atoms with E-state index in [1.165, 1.54) is 17.3 Å². The van der Waals surface area contributed by atoms with Crippen LogP contribution in [0.4, 0.5) is 0 Å². The lowest BCUT2D eigenvalue weighted by Gasteiger charge is -2.07. The minimum absolute atomic E-state index is 0.308. The number of benzene rings is 1. The van der Waals surface area contributed by atoms with Crippen molar-refractivity contribution in [2.24, 2.45) is 0 Å². The minimum atomic E-state index is 0.308. The first-order chi connectivity index (χ1) is 8.34. The van der Waals surface area contributed by atoms with Gasteiger partial charge in [-0.25, -0.2) is 9.97 Å². The summed E-state index contributed by atoms with van der Waals surface area (Å²) < 4.78 is 0. The molecule has 0 saturated heterocycles. The number of aromatic hydroxyl groups is 1. The largest absolute Gasteiger partial charge is 0.507 e. The lowest BCUT2D eigenvalue weighted by Crippen LogP contribution is -1.93. The zero-order valence-corrected chi connectivity index (χ0v) is 10.1. The molecular weight excluding hydrogens is 232 g/mol. The summed E-state index contributed by atoms with van der Waals surface area (Å²) in [5, 5.41) is 10.7. The van der Waals surface area contributed by atoms with Crippen molar-refractivity contribution >= 4 is 11.8 Å². The highest BCUT2D eigenvalue weighted by Crippen LogP contribution is 2.37. The molecule has 0 amide bonds. The van der Waals surface area contributed by atoms with E-state index in [1.807, 2.05) is 18.2 Å². The highest BCUT2D eigenvalue weighted by Gasteiger charge is 2.18. The van der Waals surface area contributed by atoms with Gasteiger partial charge in [-0.15, -0.1) is 0 Å². The van der Waals surface area contributed by atoms with Gasteiger partial charge in [-0.05, 0) is 31.4 Å². The molecule has 3 rings (SSSR count). The first kappa shape index (κ1) is 10.6. The zero-order chi connectivity index (χ0) is 11.7. The summed E-state index contributed by atoms with van der Waals surface area (Å²) in [4.78, 5) is 9.47. The van der Waals surface area contributed by atoms with Gasteiger partial charge in [0.25, 0.3) is 0 Å². The van der Waals surface area contributed by atoms with Gasteiger partial charge in [0.2, 0.25) is 0 Å². The van der Waals surface area contributed by atoms with Gasteiger partial charge in [-0.3, -0.25) is 0 Å². The third-order valence-electron chi connectivity index (χ3n) is 2.91. The van der Waals surface area contributed by atoms with Crippen molar-refractivity contribution in [2.75, 3.05) is 0 Å². The quantitative estimate of drug-likeness (QED) is 0.825. The second-order valence-electron chi connectivity index (χ2n) is 4.03. The Morgan fingerprint density at radius 2 is 2.00 bits per heavy atom. The molecule has 1 heterocycles. The Hall–Kier alpha value is -1.55. The van der Waals surface area contributed by atoms with Gasteiger partial charge in [0, 0.05) is 11.3 Å². The predicted octanol–water partition coefficient (Wildman–Crippen LogP) is 2.82. The molecule has 0 spiro atoms. The van der Waals surface area contributed by atoms with E-state index >= 15 is 0 Å². The number of nitrogens with zero attached hydrogens (tertiary/aromatic N) is 2. The van der Waals surface area contributed by atoms with Crippen molar-refractivity contribution in [2.45, 2.75) is 29.2 Å². The Morgan fingerprint density at radius 1 is 1.12 bits per heavy atom. The molecule has 1 aromatic carbocycles. The van der Waals surface area contributed by atoms with Crippen LogP contribution in [0.3, 0.4) is 0 Å². The van der Waals surface area contributed by atoms with Gasteiger partial charge < -0.3 is 5.11 Å². The molecule has 3 nitrogen and oxygen atoms in total. The van der Waals surface area contributed by atoms with Crippen LogP contribution in [0.5, 0.6) is 5.75 Å². The molecule has 0 bridgehead atoms. The van der Waals surface area contributed by atoms with Crippen LogP contribution in [0.1, 0.15) is 17.7 Å². The number of aromatic nitrogens is 2. The summed E-state index contributed by atoms with van der Waals surface area (Å²) in [6.45, 7) is 0. The molecule has 0 atom stereocenters. The van der Waals surface area contributed by atoms with E-state index in [4.69, 9.17) is 0 Å². The van der Waals surface area contributed by atoms with Crippen LogP contribution in [0.25, 0.3) is 0 Å². The summed E-state index contributed by atoms with van der Waals surface area (Å²) in [7, 11) is 0. The molecule has 0 aliphatic heterocycles. The fourth-order valence-corrected chi connectivity index (χ4v) is 3.04. The molecule has 1 N–H and O–H groups in total. The second-order valence-corrected chi connectivity index (χ2v) is 5.06. The average Bonchev–Trinajstić information content (AvgIpc) is 2.81. The number of phenols is 1. The number of para-hydroxylation sites is 1. The maximum Gasteiger partial charge on any atom is 0.129 e. The molecule has 1 aliphatic rings. The Balaban J connectivity index is 1.97. The van der Waals surface area contributed by atoms with Crippen molar-refractivity contribution in [3.8, 4) is 5.75 Å². The zero-order valence-electron chi connectivity index (χ0n) is 9.26. The first-order valence-electron chi connectivity index (χ1n) is 5.63. The highest BCUT2D eigenvalue weighted by molar-refractivity contribution is 7.99. The van der Waals surface area contributed by atoms with Gasteiger partial charge in [-0.2, -0.15) is 0 Å². The Kier molecular flexibility index (Phi) is 2.73. The van der Waals surface area contributed by atoms with E-state index in [-0.39, 0.29) is 0 Å². The SMILES string of the molecule is Oc1ccccc1Sc1ncnc2c1CCC2. The monoisotopic (exact) mass is 244 g/mol. The molecule has 0 fully saturated rings. The van der Waals surface area contributed by atoms with Crippen LogP contribution < -0.4 is 0 Å². The number of fused-ring (bicyclic) bond motifs is 1. The summed E-state index contributed by atoms with van der Waals surface area (Å²) in [6.07, 6.45) is 4.87. The smallest absolute Gasteiger partial charge is 0.129 e. The van der Waals surface area contributed by atoms with E-state index in [1.54, 1.807) is 12.4 Å². The third kappa shape index (κ3) is 2.00. The number of hydrogen-bond donors (Lipinski definition) is 1. The van der Waals surface area contributed by atoms with Crippen LogP contribution in [-0.2, 0) is 12.8 Å². The summed E-state index contributed by atoms with van der Waals surface area (Å²) in [5.41, 5.74) is 2.42. The van der Waals surface area contributed by atoms with E-state index < -0.39 is 0 Å². The van der Waals surface area contributed by atoms with Gasteiger partial charge in [-0.1, -0.05) is 23.9 Å². The molecule has 2 aromatic rings. The molecule has 17 heavy (non-hydrogen) atoms. The molecule has 1 aromatic heterocycles. The molecule has 1 aliphatic carbocycles. The standard InChI is InChI=1S/C13H12N2OS/c16-11-6-1-2-7-12(11)17-13-9-4-3-5-10(9)14-8-15-13/h1-2,6-8,16H,3-5H2. The average molecular weight is 244 g/mol. The number of aryl methyl sites for hydroxylation is 1. The predicted molar refractivity (Wildman–Crippen MR) is 66.3 cm³/mol.